The molecule has 1 fully saturated rings. The molecule has 1 aliphatic heterocycles. The van der Waals surface area contributed by atoms with Crippen LogP contribution in [-0.4, -0.2) is 42.0 Å². The van der Waals surface area contributed by atoms with Crippen molar-refractivity contribution < 1.29 is 4.79 Å². The summed E-state index contributed by atoms with van der Waals surface area (Å²) >= 11 is 0. The molecule has 0 radical (unpaired) electrons. The van der Waals surface area contributed by atoms with Gasteiger partial charge >= 0.3 is 0 Å². The van der Waals surface area contributed by atoms with Crippen molar-refractivity contribution in [3.05, 3.63) is 65.5 Å². The molecule has 0 aliphatic carbocycles. The van der Waals surface area contributed by atoms with Gasteiger partial charge in [0.1, 0.15) is 0 Å². The van der Waals surface area contributed by atoms with Gasteiger partial charge in [0.15, 0.2) is 0 Å². The van der Waals surface area contributed by atoms with Crippen LogP contribution in [0.3, 0.4) is 0 Å². The maximum atomic E-state index is 12.0. The highest BCUT2D eigenvalue weighted by atomic mass is 16.1. The summed E-state index contributed by atoms with van der Waals surface area (Å²) in [7, 11) is 0. The Morgan fingerprint density at radius 2 is 2.04 bits per heavy atom. The number of carbonyl (C=O) groups is 1. The van der Waals surface area contributed by atoms with Crippen LogP contribution in [0.25, 0.3) is 0 Å². The normalized spacial score (nSPS) is 15.0. The van der Waals surface area contributed by atoms with Crippen molar-refractivity contribution >= 4 is 5.91 Å². The van der Waals surface area contributed by atoms with Crippen molar-refractivity contribution in [1.82, 2.24) is 15.2 Å². The van der Waals surface area contributed by atoms with Gasteiger partial charge in [0.25, 0.3) is 5.91 Å². The highest BCUT2D eigenvalue weighted by Crippen LogP contribution is 2.16. The molecular formula is C23H27N3O. The molecule has 1 N–H and O–H groups in total. The van der Waals surface area contributed by atoms with Crippen LogP contribution in [0.2, 0.25) is 0 Å². The third kappa shape index (κ3) is 5.67. The summed E-state index contributed by atoms with van der Waals surface area (Å²) in [5, 5.41) is 2.97. The zero-order valence-corrected chi connectivity index (χ0v) is 15.9. The molecule has 4 nitrogen and oxygen atoms in total. The van der Waals surface area contributed by atoms with E-state index in [1.165, 1.54) is 11.1 Å². The van der Waals surface area contributed by atoms with Crippen LogP contribution in [0, 0.1) is 17.8 Å². The number of piperidine rings is 1. The minimum absolute atomic E-state index is 0.0570. The van der Waals surface area contributed by atoms with Crippen LogP contribution in [0.1, 0.15) is 41.3 Å². The number of carbonyl (C=O) groups excluding carboxylic acids is 1. The van der Waals surface area contributed by atoms with E-state index in [2.05, 4.69) is 58.2 Å². The van der Waals surface area contributed by atoms with E-state index in [1.807, 2.05) is 0 Å². The van der Waals surface area contributed by atoms with Gasteiger partial charge in [-0.2, -0.15) is 0 Å². The van der Waals surface area contributed by atoms with Gasteiger partial charge in [-0.05, 0) is 56.1 Å². The fourth-order valence-electron chi connectivity index (χ4n) is 3.36. The molecule has 2 aromatic rings. The van der Waals surface area contributed by atoms with Crippen LogP contribution >= 0.6 is 0 Å². The fraction of sp³-hybridized carbons (Fsp3) is 0.391. The Kier molecular flexibility index (Phi) is 7.01. The van der Waals surface area contributed by atoms with Crippen LogP contribution in [0.5, 0.6) is 0 Å². The molecule has 27 heavy (non-hydrogen) atoms. The van der Waals surface area contributed by atoms with E-state index in [0.29, 0.717) is 18.0 Å². The van der Waals surface area contributed by atoms with E-state index in [-0.39, 0.29) is 5.91 Å². The molecule has 1 saturated heterocycles. The lowest BCUT2D eigenvalue weighted by molar-refractivity contribution is 0.0945. The zero-order chi connectivity index (χ0) is 18.9. The molecule has 4 heteroatoms. The summed E-state index contributed by atoms with van der Waals surface area (Å²) in [6, 6.07) is 12.0. The van der Waals surface area contributed by atoms with Gasteiger partial charge in [0, 0.05) is 37.0 Å². The number of amides is 1. The molecule has 0 unspecified atom stereocenters. The quantitative estimate of drug-likeness (QED) is 0.832. The first kappa shape index (κ1) is 19.1. The number of nitrogens with zero attached hydrogens (tertiary/aromatic N) is 2. The number of nitrogens with one attached hydrogen (secondary N) is 1. The smallest absolute Gasteiger partial charge is 0.252 e. The van der Waals surface area contributed by atoms with E-state index in [0.717, 1.165) is 38.9 Å². The summed E-state index contributed by atoms with van der Waals surface area (Å²) in [5.41, 5.74) is 3.10. The summed E-state index contributed by atoms with van der Waals surface area (Å²) in [4.78, 5) is 18.4. The highest BCUT2D eigenvalue weighted by Gasteiger charge is 2.17. The number of aryl methyl sites for hydroxylation is 1. The molecule has 0 atom stereocenters. The Bertz CT molecular complexity index is 799. The van der Waals surface area contributed by atoms with E-state index >= 15 is 0 Å². The summed E-state index contributed by atoms with van der Waals surface area (Å²) in [6.07, 6.45) is 6.48. The monoisotopic (exact) mass is 361 g/mol. The molecule has 2 heterocycles. The van der Waals surface area contributed by atoms with Gasteiger partial charge in [-0.25, -0.2) is 0 Å². The zero-order valence-electron chi connectivity index (χ0n) is 15.9. The topological polar surface area (TPSA) is 45.2 Å². The van der Waals surface area contributed by atoms with E-state index in [9.17, 15) is 4.79 Å². The first-order valence-electron chi connectivity index (χ1n) is 9.76. The Hall–Kier alpha value is -2.64. The van der Waals surface area contributed by atoms with Crippen LogP contribution in [-0.2, 0) is 6.42 Å². The van der Waals surface area contributed by atoms with Crippen LogP contribution in [0.4, 0.5) is 0 Å². The van der Waals surface area contributed by atoms with Gasteiger partial charge in [0.2, 0.25) is 0 Å². The average molecular weight is 361 g/mol. The molecule has 1 amide bonds. The van der Waals surface area contributed by atoms with Gasteiger partial charge in [0.05, 0.1) is 5.56 Å². The first-order valence-corrected chi connectivity index (χ1v) is 9.76. The Labute approximate surface area is 162 Å². The van der Waals surface area contributed by atoms with Crippen molar-refractivity contribution in [3.8, 4) is 11.8 Å². The third-order valence-corrected chi connectivity index (χ3v) is 5.03. The van der Waals surface area contributed by atoms with E-state index in [1.54, 1.807) is 24.5 Å². The van der Waals surface area contributed by atoms with Gasteiger partial charge in [-0.15, -0.1) is 0 Å². The lowest BCUT2D eigenvalue weighted by Crippen LogP contribution is -2.39. The molecule has 1 aromatic heterocycles. The number of hydrogen-bond acceptors (Lipinski definition) is 3. The second-order valence-corrected chi connectivity index (χ2v) is 6.89. The summed E-state index contributed by atoms with van der Waals surface area (Å²) in [5.74, 6) is 7.28. The predicted octanol–water partition coefficient (Wildman–Crippen LogP) is 3.14. The minimum atomic E-state index is -0.0570. The molecule has 3 rings (SSSR count). The van der Waals surface area contributed by atoms with Crippen molar-refractivity contribution in [3.63, 3.8) is 0 Å². The summed E-state index contributed by atoms with van der Waals surface area (Å²) < 4.78 is 0. The Morgan fingerprint density at radius 3 is 2.78 bits per heavy atom. The Morgan fingerprint density at radius 1 is 1.22 bits per heavy atom. The number of rotatable bonds is 5. The lowest BCUT2D eigenvalue weighted by atomic mass is 9.96. The highest BCUT2D eigenvalue weighted by molar-refractivity contribution is 5.93. The van der Waals surface area contributed by atoms with Crippen LogP contribution < -0.4 is 5.32 Å². The predicted molar refractivity (Wildman–Crippen MR) is 108 cm³/mol. The molecule has 0 saturated carbocycles. The molecule has 1 aromatic carbocycles. The van der Waals surface area contributed by atoms with E-state index < -0.39 is 0 Å². The average Bonchev–Trinajstić information content (AvgIpc) is 2.74. The van der Waals surface area contributed by atoms with Gasteiger partial charge in [-0.3, -0.25) is 9.78 Å². The van der Waals surface area contributed by atoms with Crippen molar-refractivity contribution in [2.75, 3.05) is 26.2 Å². The largest absolute Gasteiger partial charge is 0.351 e. The molecular weight excluding hydrogens is 334 g/mol. The number of aromatic nitrogens is 1. The van der Waals surface area contributed by atoms with Crippen molar-refractivity contribution in [2.24, 2.45) is 5.92 Å². The van der Waals surface area contributed by atoms with Crippen molar-refractivity contribution in [2.45, 2.75) is 26.2 Å². The fourth-order valence-corrected chi connectivity index (χ4v) is 3.36. The minimum Gasteiger partial charge on any atom is -0.351 e. The molecule has 0 bridgehead atoms. The number of likely N-dealkylation sites (tertiary alicyclic amines) is 1. The lowest BCUT2D eigenvalue weighted by Gasteiger charge is -2.29. The molecule has 0 spiro atoms. The first-order chi connectivity index (χ1) is 13.3. The molecule has 140 valence electrons. The second kappa shape index (κ2) is 9.89. The maximum absolute atomic E-state index is 12.0. The second-order valence-electron chi connectivity index (χ2n) is 6.89. The molecule has 1 aliphatic rings. The maximum Gasteiger partial charge on any atom is 0.252 e. The van der Waals surface area contributed by atoms with Crippen molar-refractivity contribution in [1.29, 1.82) is 0 Å². The van der Waals surface area contributed by atoms with Gasteiger partial charge < -0.3 is 10.2 Å². The standard InChI is InChI=1S/C23H27N3O/c1-2-20-6-3-4-7-21(20)10-9-19-11-15-26(16-12-19)17-14-25-23(27)22-8-5-13-24-18-22/h3-8,13,18-19H,2,11-12,14-17H2,1H3,(H,25,27). The third-order valence-electron chi connectivity index (χ3n) is 5.03. The number of hydrogen-bond donors (Lipinski definition) is 1. The Balaban J connectivity index is 1.41. The SMILES string of the molecule is CCc1ccccc1C#CC1CCN(CCNC(=O)c2cccnc2)CC1. The number of benzene rings is 1. The van der Waals surface area contributed by atoms with E-state index in [4.69, 9.17) is 0 Å². The summed E-state index contributed by atoms with van der Waals surface area (Å²) in [6.45, 7) is 5.79. The van der Waals surface area contributed by atoms with Gasteiger partial charge in [-0.1, -0.05) is 37.0 Å². The number of pyridine rings is 1. The van der Waals surface area contributed by atoms with Crippen LogP contribution in [0.15, 0.2) is 48.8 Å².